The van der Waals surface area contributed by atoms with Crippen LogP contribution in [0, 0.1) is 0 Å². The van der Waals surface area contributed by atoms with Gasteiger partial charge in [-0.1, -0.05) is 18.2 Å². The molecule has 1 aliphatic rings. The van der Waals surface area contributed by atoms with Crippen LogP contribution in [0.1, 0.15) is 16.8 Å². The number of nitrogens with one attached hydrogen (secondary N) is 2. The van der Waals surface area contributed by atoms with Crippen LogP contribution >= 0.6 is 11.8 Å². The van der Waals surface area contributed by atoms with Gasteiger partial charge in [-0.15, -0.1) is 0 Å². The number of carbonyl (C=O) groups excluding carboxylic acids is 2. The van der Waals surface area contributed by atoms with Gasteiger partial charge in [-0.05, 0) is 42.7 Å². The molecule has 0 spiro atoms. The Hall–Kier alpha value is -2.67. The highest BCUT2D eigenvalue weighted by atomic mass is 32.2. The number of ether oxygens (including phenoxy) is 2. The molecule has 0 radical (unpaired) electrons. The van der Waals surface area contributed by atoms with Gasteiger partial charge in [-0.2, -0.15) is 11.8 Å². The molecule has 7 heteroatoms. The Morgan fingerprint density at radius 1 is 1.07 bits per heavy atom. The molecule has 142 valence electrons. The van der Waals surface area contributed by atoms with Gasteiger partial charge in [0.05, 0.1) is 0 Å². The Kier molecular flexibility index (Phi) is 6.59. The quantitative estimate of drug-likeness (QED) is 0.765. The molecule has 0 fully saturated rings. The lowest BCUT2D eigenvalue weighted by atomic mass is 10.1. The Morgan fingerprint density at radius 3 is 2.56 bits per heavy atom. The number of thioether (sulfide) groups is 1. The van der Waals surface area contributed by atoms with E-state index in [1.807, 2.05) is 12.3 Å². The highest BCUT2D eigenvalue weighted by molar-refractivity contribution is 7.98. The molecule has 0 unspecified atom stereocenters. The van der Waals surface area contributed by atoms with Crippen molar-refractivity contribution in [2.75, 3.05) is 30.5 Å². The number of hydrogen-bond donors (Lipinski definition) is 2. The Bertz CT molecular complexity index is 798. The van der Waals surface area contributed by atoms with Crippen molar-refractivity contribution in [2.45, 2.75) is 12.5 Å². The topological polar surface area (TPSA) is 76.7 Å². The zero-order valence-electron chi connectivity index (χ0n) is 15.1. The van der Waals surface area contributed by atoms with Crippen LogP contribution in [0.3, 0.4) is 0 Å². The van der Waals surface area contributed by atoms with E-state index in [0.29, 0.717) is 42.4 Å². The third-order valence-corrected chi connectivity index (χ3v) is 4.72. The number of anilines is 1. The van der Waals surface area contributed by atoms with Gasteiger partial charge in [-0.25, -0.2) is 0 Å². The van der Waals surface area contributed by atoms with Crippen LogP contribution in [0.2, 0.25) is 0 Å². The second-order valence-electron chi connectivity index (χ2n) is 6.02. The Balaban J connectivity index is 1.68. The molecule has 2 aromatic carbocycles. The summed E-state index contributed by atoms with van der Waals surface area (Å²) in [6, 6.07) is 13.5. The molecular formula is C20H22N2O4S. The van der Waals surface area contributed by atoms with Crippen molar-refractivity contribution in [2.24, 2.45) is 0 Å². The van der Waals surface area contributed by atoms with Crippen molar-refractivity contribution in [3.63, 3.8) is 0 Å². The standard InChI is InChI=1S/C20H22N2O4S/c1-27-12-9-16(22-19(23)14-5-3-2-4-6-14)20(24)21-15-7-8-17-18(13-15)26-11-10-25-17/h2-8,13,16H,9-12H2,1H3,(H,21,24)(H,22,23)/t16-/m0/s1. The predicted molar refractivity (Wildman–Crippen MR) is 107 cm³/mol. The number of carbonyl (C=O) groups is 2. The van der Waals surface area contributed by atoms with E-state index in [4.69, 9.17) is 9.47 Å². The minimum Gasteiger partial charge on any atom is -0.486 e. The summed E-state index contributed by atoms with van der Waals surface area (Å²) in [5.41, 5.74) is 1.13. The molecule has 2 aromatic rings. The lowest BCUT2D eigenvalue weighted by Gasteiger charge is -2.21. The van der Waals surface area contributed by atoms with Crippen LogP contribution in [-0.2, 0) is 4.79 Å². The first kappa shape index (κ1) is 19.1. The molecule has 0 saturated carbocycles. The van der Waals surface area contributed by atoms with Gasteiger partial charge in [0.2, 0.25) is 5.91 Å². The summed E-state index contributed by atoms with van der Waals surface area (Å²) in [7, 11) is 0. The number of fused-ring (bicyclic) bond motifs is 1. The van der Waals surface area contributed by atoms with Crippen molar-refractivity contribution in [3.8, 4) is 11.5 Å². The van der Waals surface area contributed by atoms with Crippen molar-refractivity contribution in [3.05, 3.63) is 54.1 Å². The smallest absolute Gasteiger partial charge is 0.251 e. The Morgan fingerprint density at radius 2 is 1.81 bits per heavy atom. The fourth-order valence-corrected chi connectivity index (χ4v) is 3.16. The third-order valence-electron chi connectivity index (χ3n) is 4.08. The summed E-state index contributed by atoms with van der Waals surface area (Å²) in [6.45, 7) is 0.995. The number of benzene rings is 2. The summed E-state index contributed by atoms with van der Waals surface area (Å²) in [4.78, 5) is 25.2. The van der Waals surface area contributed by atoms with Gasteiger partial charge >= 0.3 is 0 Å². The largest absolute Gasteiger partial charge is 0.486 e. The van der Waals surface area contributed by atoms with Gasteiger partial charge in [0.1, 0.15) is 19.3 Å². The maximum Gasteiger partial charge on any atom is 0.251 e. The first-order valence-corrected chi connectivity index (χ1v) is 10.1. The van der Waals surface area contributed by atoms with Crippen LogP contribution in [0.5, 0.6) is 11.5 Å². The zero-order valence-corrected chi connectivity index (χ0v) is 15.9. The fourth-order valence-electron chi connectivity index (χ4n) is 2.69. The highest BCUT2D eigenvalue weighted by Crippen LogP contribution is 2.32. The van der Waals surface area contributed by atoms with E-state index >= 15 is 0 Å². The lowest BCUT2D eigenvalue weighted by molar-refractivity contribution is -0.118. The molecular weight excluding hydrogens is 364 g/mol. The number of hydrogen-bond acceptors (Lipinski definition) is 5. The first-order valence-electron chi connectivity index (χ1n) is 8.73. The van der Waals surface area contributed by atoms with E-state index in [0.717, 1.165) is 5.75 Å². The maximum atomic E-state index is 12.7. The zero-order chi connectivity index (χ0) is 19.1. The fraction of sp³-hybridized carbons (Fsp3) is 0.300. The third kappa shape index (κ3) is 5.17. The van der Waals surface area contributed by atoms with E-state index in [9.17, 15) is 9.59 Å². The summed E-state index contributed by atoms with van der Waals surface area (Å²) in [5, 5.41) is 5.69. The van der Waals surface area contributed by atoms with Crippen molar-refractivity contribution >= 4 is 29.3 Å². The van der Waals surface area contributed by atoms with E-state index in [-0.39, 0.29) is 11.8 Å². The lowest BCUT2D eigenvalue weighted by Crippen LogP contribution is -2.44. The maximum absolute atomic E-state index is 12.7. The van der Waals surface area contributed by atoms with Crippen LogP contribution in [0.25, 0.3) is 0 Å². The molecule has 1 atom stereocenters. The highest BCUT2D eigenvalue weighted by Gasteiger charge is 2.22. The average Bonchev–Trinajstić information content (AvgIpc) is 2.71. The number of rotatable bonds is 7. The average molecular weight is 386 g/mol. The van der Waals surface area contributed by atoms with E-state index < -0.39 is 6.04 Å². The molecule has 1 heterocycles. The molecule has 27 heavy (non-hydrogen) atoms. The number of amides is 2. The molecule has 0 saturated heterocycles. The normalized spacial score (nSPS) is 13.5. The van der Waals surface area contributed by atoms with E-state index in [2.05, 4.69) is 10.6 Å². The van der Waals surface area contributed by atoms with Crippen molar-refractivity contribution in [1.82, 2.24) is 5.32 Å². The molecule has 0 bridgehead atoms. The second kappa shape index (κ2) is 9.32. The second-order valence-corrected chi connectivity index (χ2v) is 7.01. The van der Waals surface area contributed by atoms with Crippen molar-refractivity contribution in [1.29, 1.82) is 0 Å². The van der Waals surface area contributed by atoms with E-state index in [1.54, 1.807) is 54.2 Å². The summed E-state index contributed by atoms with van der Waals surface area (Å²) >= 11 is 1.63. The first-order chi connectivity index (χ1) is 13.2. The predicted octanol–water partition coefficient (Wildman–Crippen LogP) is 2.95. The summed E-state index contributed by atoms with van der Waals surface area (Å²) in [5.74, 6) is 1.50. The van der Waals surface area contributed by atoms with Gasteiger partial charge in [0.25, 0.3) is 5.91 Å². The van der Waals surface area contributed by atoms with Crippen LogP contribution in [0.4, 0.5) is 5.69 Å². The molecule has 0 aromatic heterocycles. The van der Waals surface area contributed by atoms with Crippen LogP contribution < -0.4 is 20.1 Å². The van der Waals surface area contributed by atoms with Gasteiger partial charge in [-0.3, -0.25) is 9.59 Å². The SMILES string of the molecule is CSCC[C@H](NC(=O)c1ccccc1)C(=O)Nc1ccc2c(c1)OCCO2. The molecule has 2 N–H and O–H groups in total. The molecule has 2 amide bonds. The van der Waals surface area contributed by atoms with E-state index in [1.165, 1.54) is 0 Å². The molecule has 3 rings (SSSR count). The molecule has 6 nitrogen and oxygen atoms in total. The molecule has 0 aliphatic carbocycles. The van der Waals surface area contributed by atoms with Crippen LogP contribution in [0.15, 0.2) is 48.5 Å². The minimum absolute atomic E-state index is 0.259. The Labute approximate surface area is 162 Å². The van der Waals surface area contributed by atoms with Gasteiger partial charge < -0.3 is 20.1 Å². The van der Waals surface area contributed by atoms with Gasteiger partial charge in [0, 0.05) is 17.3 Å². The van der Waals surface area contributed by atoms with Crippen molar-refractivity contribution < 1.29 is 19.1 Å². The summed E-state index contributed by atoms with van der Waals surface area (Å²) in [6.07, 6.45) is 2.50. The van der Waals surface area contributed by atoms with Gasteiger partial charge in [0.15, 0.2) is 11.5 Å². The minimum atomic E-state index is -0.627. The summed E-state index contributed by atoms with van der Waals surface area (Å²) < 4.78 is 11.0. The van der Waals surface area contributed by atoms with Crippen LogP contribution in [-0.4, -0.2) is 43.1 Å². The molecule has 1 aliphatic heterocycles. The monoisotopic (exact) mass is 386 g/mol.